The van der Waals surface area contributed by atoms with E-state index in [0.717, 1.165) is 16.7 Å². The lowest BCUT2D eigenvalue weighted by atomic mass is 9.79. The normalized spacial score (nSPS) is 19.0. The number of aromatic carboxylic acids is 1. The molecule has 1 aliphatic heterocycles. The Bertz CT molecular complexity index is 925. The number of Topliss-reactive ketones (excluding diaryl/α,β-unsaturated/α-hetero) is 1. The first kappa shape index (κ1) is 15.4. The summed E-state index contributed by atoms with van der Waals surface area (Å²) in [6, 6.07) is 11.6. The maximum absolute atomic E-state index is 11.9. The molecule has 0 spiro atoms. The molecule has 4 rings (SSSR count). The van der Waals surface area contributed by atoms with Crippen molar-refractivity contribution in [3.05, 3.63) is 64.7 Å². The van der Waals surface area contributed by atoms with Crippen LogP contribution in [0.2, 0.25) is 0 Å². The highest BCUT2D eigenvalue weighted by atomic mass is 16.5. The lowest BCUT2D eigenvalue weighted by Crippen LogP contribution is -2.32. The Kier molecular flexibility index (Phi) is 3.57. The summed E-state index contributed by atoms with van der Waals surface area (Å²) in [6.45, 7) is 0. The predicted molar refractivity (Wildman–Crippen MR) is 90.8 cm³/mol. The van der Waals surface area contributed by atoms with Crippen molar-refractivity contribution in [2.24, 2.45) is 0 Å². The molecule has 0 aromatic heterocycles. The Morgan fingerprint density at radius 1 is 1.08 bits per heavy atom. The molecule has 2 N–H and O–H groups in total. The Labute approximate surface area is 144 Å². The van der Waals surface area contributed by atoms with Gasteiger partial charge < -0.3 is 14.9 Å². The summed E-state index contributed by atoms with van der Waals surface area (Å²) in [5.41, 5.74) is 3.32. The van der Waals surface area contributed by atoms with Gasteiger partial charge in [0.15, 0.2) is 0 Å². The van der Waals surface area contributed by atoms with E-state index < -0.39 is 12.1 Å². The fourth-order valence-corrected chi connectivity index (χ4v) is 3.61. The molecular formula is C20H16O5. The minimum absolute atomic E-state index is 0.0650. The van der Waals surface area contributed by atoms with Crippen LogP contribution in [-0.4, -0.2) is 28.1 Å². The molecule has 1 saturated carbocycles. The average molecular weight is 336 g/mol. The van der Waals surface area contributed by atoms with E-state index in [1.165, 1.54) is 6.07 Å². The topological polar surface area (TPSA) is 83.8 Å². The van der Waals surface area contributed by atoms with Crippen LogP contribution in [0, 0.1) is 0 Å². The molecule has 5 nitrogen and oxygen atoms in total. The highest BCUT2D eigenvalue weighted by Crippen LogP contribution is 2.45. The number of rotatable bonds is 2. The van der Waals surface area contributed by atoms with Crippen LogP contribution in [0.5, 0.6) is 11.5 Å². The number of phenols is 1. The van der Waals surface area contributed by atoms with Gasteiger partial charge in [0, 0.05) is 24.5 Å². The number of ketones is 1. The third kappa shape index (κ3) is 2.58. The van der Waals surface area contributed by atoms with Crippen molar-refractivity contribution in [2.45, 2.75) is 25.4 Å². The zero-order chi connectivity index (χ0) is 17.6. The summed E-state index contributed by atoms with van der Waals surface area (Å²) >= 11 is 0. The molecule has 2 aromatic rings. The molecule has 0 radical (unpaired) electrons. The first-order valence-electron chi connectivity index (χ1n) is 8.12. The van der Waals surface area contributed by atoms with Crippen LogP contribution in [0.25, 0.3) is 5.57 Å². The SMILES string of the molecule is O=C1CCC2=C(c3ccccc3C(=O)O)c3ccc(O)cc3OC2C1. The molecule has 5 heteroatoms. The first-order chi connectivity index (χ1) is 12.0. The van der Waals surface area contributed by atoms with Gasteiger partial charge in [-0.1, -0.05) is 18.2 Å². The minimum Gasteiger partial charge on any atom is -0.508 e. The van der Waals surface area contributed by atoms with Gasteiger partial charge in [0.2, 0.25) is 0 Å². The van der Waals surface area contributed by atoms with Crippen molar-refractivity contribution in [1.29, 1.82) is 0 Å². The first-order valence-corrected chi connectivity index (χ1v) is 8.12. The van der Waals surface area contributed by atoms with E-state index in [9.17, 15) is 19.8 Å². The summed E-state index contributed by atoms with van der Waals surface area (Å²) in [5.74, 6) is -0.337. The molecule has 1 fully saturated rings. The van der Waals surface area contributed by atoms with Crippen LogP contribution < -0.4 is 4.74 Å². The van der Waals surface area contributed by atoms with Crippen molar-refractivity contribution in [3.63, 3.8) is 0 Å². The number of carboxylic acid groups (broad SMARTS) is 1. The van der Waals surface area contributed by atoms with Gasteiger partial charge in [-0.25, -0.2) is 4.79 Å². The fourth-order valence-electron chi connectivity index (χ4n) is 3.61. The van der Waals surface area contributed by atoms with Crippen molar-refractivity contribution in [1.82, 2.24) is 0 Å². The summed E-state index contributed by atoms with van der Waals surface area (Å²) in [5, 5.41) is 19.4. The molecule has 0 saturated heterocycles. The molecule has 1 aliphatic carbocycles. The van der Waals surface area contributed by atoms with Crippen LogP contribution in [0.15, 0.2) is 48.0 Å². The number of ether oxygens (including phenoxy) is 1. The number of fused-ring (bicyclic) bond motifs is 2. The molecule has 2 aliphatic rings. The fraction of sp³-hybridized carbons (Fsp3) is 0.200. The van der Waals surface area contributed by atoms with E-state index in [4.69, 9.17) is 4.74 Å². The molecule has 0 bridgehead atoms. The second-order valence-electron chi connectivity index (χ2n) is 6.28. The minimum atomic E-state index is -1.00. The quantitative estimate of drug-likeness (QED) is 0.878. The van der Waals surface area contributed by atoms with Gasteiger partial charge in [0.25, 0.3) is 0 Å². The van der Waals surface area contributed by atoms with Gasteiger partial charge in [-0.05, 0) is 41.3 Å². The second-order valence-corrected chi connectivity index (χ2v) is 6.28. The van der Waals surface area contributed by atoms with E-state index >= 15 is 0 Å². The molecular weight excluding hydrogens is 320 g/mol. The smallest absolute Gasteiger partial charge is 0.336 e. The van der Waals surface area contributed by atoms with Crippen molar-refractivity contribution >= 4 is 17.3 Å². The molecule has 1 heterocycles. The van der Waals surface area contributed by atoms with Gasteiger partial charge in [-0.3, -0.25) is 4.79 Å². The van der Waals surface area contributed by atoms with Gasteiger partial charge in [0.1, 0.15) is 23.4 Å². The number of carbonyl (C=O) groups excluding carboxylic acids is 1. The van der Waals surface area contributed by atoms with E-state index in [2.05, 4.69) is 0 Å². The van der Waals surface area contributed by atoms with E-state index in [1.54, 1.807) is 36.4 Å². The Balaban J connectivity index is 1.99. The molecule has 2 aromatic carbocycles. The third-order valence-electron chi connectivity index (χ3n) is 4.73. The summed E-state index contributed by atoms with van der Waals surface area (Å²) in [7, 11) is 0. The molecule has 25 heavy (non-hydrogen) atoms. The standard InChI is InChI=1S/C20H16O5/c21-11-5-7-15-17(9-11)25-18-10-12(22)6-8-16(18)19(15)13-3-1-2-4-14(13)20(23)24/h1-5,7,9,18,21H,6,8,10H2,(H,23,24). The Morgan fingerprint density at radius 2 is 1.88 bits per heavy atom. The van der Waals surface area contributed by atoms with Gasteiger partial charge in [0.05, 0.1) is 5.56 Å². The molecule has 1 atom stereocenters. The predicted octanol–water partition coefficient (Wildman–Crippen LogP) is 3.41. The lowest BCUT2D eigenvalue weighted by Gasteiger charge is -2.34. The van der Waals surface area contributed by atoms with Crippen LogP contribution >= 0.6 is 0 Å². The lowest BCUT2D eigenvalue weighted by molar-refractivity contribution is -0.121. The van der Waals surface area contributed by atoms with Crippen molar-refractivity contribution in [3.8, 4) is 11.5 Å². The van der Waals surface area contributed by atoms with E-state index in [1.807, 2.05) is 0 Å². The maximum atomic E-state index is 11.9. The number of benzene rings is 2. The van der Waals surface area contributed by atoms with Crippen LogP contribution in [-0.2, 0) is 4.79 Å². The highest BCUT2D eigenvalue weighted by molar-refractivity contribution is 5.99. The number of carbonyl (C=O) groups is 2. The van der Waals surface area contributed by atoms with Crippen LogP contribution in [0.1, 0.15) is 40.7 Å². The average Bonchev–Trinajstić information content (AvgIpc) is 2.59. The maximum Gasteiger partial charge on any atom is 0.336 e. The molecule has 1 unspecified atom stereocenters. The Hall–Kier alpha value is -3.08. The number of aromatic hydroxyl groups is 1. The summed E-state index contributed by atoms with van der Waals surface area (Å²) < 4.78 is 5.95. The van der Waals surface area contributed by atoms with Crippen LogP contribution in [0.4, 0.5) is 0 Å². The summed E-state index contributed by atoms with van der Waals surface area (Å²) in [4.78, 5) is 23.6. The molecule has 126 valence electrons. The monoisotopic (exact) mass is 336 g/mol. The highest BCUT2D eigenvalue weighted by Gasteiger charge is 2.35. The second kappa shape index (κ2) is 5.77. The van der Waals surface area contributed by atoms with Crippen molar-refractivity contribution in [2.75, 3.05) is 0 Å². The zero-order valence-corrected chi connectivity index (χ0v) is 13.4. The largest absolute Gasteiger partial charge is 0.508 e. The van der Waals surface area contributed by atoms with Gasteiger partial charge in [-0.15, -0.1) is 0 Å². The van der Waals surface area contributed by atoms with Gasteiger partial charge in [-0.2, -0.15) is 0 Å². The number of hydrogen-bond donors (Lipinski definition) is 2. The van der Waals surface area contributed by atoms with Crippen LogP contribution in [0.3, 0.4) is 0 Å². The van der Waals surface area contributed by atoms with E-state index in [-0.39, 0.29) is 23.5 Å². The van der Waals surface area contributed by atoms with Gasteiger partial charge >= 0.3 is 5.97 Å². The summed E-state index contributed by atoms with van der Waals surface area (Å²) in [6.07, 6.45) is 0.838. The zero-order valence-electron chi connectivity index (χ0n) is 13.4. The third-order valence-corrected chi connectivity index (χ3v) is 4.73. The van der Waals surface area contributed by atoms with Crippen molar-refractivity contribution < 1.29 is 24.5 Å². The number of hydrogen-bond acceptors (Lipinski definition) is 4. The Morgan fingerprint density at radius 3 is 2.68 bits per heavy atom. The van der Waals surface area contributed by atoms with E-state index in [0.29, 0.717) is 24.2 Å². The molecule has 0 amide bonds. The number of phenolic OH excluding ortho intramolecular Hbond substituents is 1. The number of carboxylic acids is 1.